The fraction of sp³-hybridized carbons (Fsp3) is 0.333. The third kappa shape index (κ3) is 2.49. The summed E-state index contributed by atoms with van der Waals surface area (Å²) in [6, 6.07) is 4.03. The van der Waals surface area contributed by atoms with E-state index in [0.717, 1.165) is 20.9 Å². The molecule has 1 aromatic carbocycles. The van der Waals surface area contributed by atoms with Crippen molar-refractivity contribution in [2.75, 3.05) is 6.61 Å². The molecule has 0 saturated carbocycles. The predicted molar refractivity (Wildman–Crippen MR) is 68.8 cm³/mol. The Kier molecular flexibility index (Phi) is 3.47. The Morgan fingerprint density at radius 1 is 1.53 bits per heavy atom. The second-order valence-corrected chi connectivity index (χ2v) is 4.64. The molecule has 90 valence electrons. The highest BCUT2D eigenvalue weighted by Crippen LogP contribution is 2.25. The van der Waals surface area contributed by atoms with Gasteiger partial charge in [0, 0.05) is 9.86 Å². The predicted octanol–water partition coefficient (Wildman–Crippen LogP) is 2.67. The topological polar surface area (TPSA) is 44.1 Å². The van der Waals surface area contributed by atoms with Gasteiger partial charge in [0.05, 0.1) is 18.3 Å². The Hall–Kier alpha value is -1.36. The number of ether oxygens (including phenoxy) is 1. The monoisotopic (exact) mass is 296 g/mol. The van der Waals surface area contributed by atoms with Crippen molar-refractivity contribution in [2.24, 2.45) is 0 Å². The normalized spacial score (nSPS) is 10.8. The van der Waals surface area contributed by atoms with E-state index in [1.807, 2.05) is 19.1 Å². The standard InChI is InChI=1S/C12H13BrN2O2/c1-3-17-12(16)7-15-11-5-8(2)4-10(13)9(11)6-14-15/h4-6H,3,7H2,1-2H3. The highest BCUT2D eigenvalue weighted by Gasteiger charge is 2.10. The first kappa shape index (κ1) is 12.1. The van der Waals surface area contributed by atoms with Gasteiger partial charge >= 0.3 is 5.97 Å². The van der Waals surface area contributed by atoms with Crippen LogP contribution in [-0.2, 0) is 16.1 Å². The molecule has 0 aliphatic carbocycles. The van der Waals surface area contributed by atoms with E-state index in [9.17, 15) is 4.79 Å². The molecule has 2 rings (SSSR count). The number of esters is 1. The van der Waals surface area contributed by atoms with Crippen LogP contribution in [0.4, 0.5) is 0 Å². The van der Waals surface area contributed by atoms with E-state index in [1.54, 1.807) is 17.8 Å². The zero-order chi connectivity index (χ0) is 12.4. The molecule has 0 unspecified atom stereocenters. The smallest absolute Gasteiger partial charge is 0.327 e. The largest absolute Gasteiger partial charge is 0.465 e. The third-order valence-electron chi connectivity index (χ3n) is 2.44. The minimum Gasteiger partial charge on any atom is -0.465 e. The van der Waals surface area contributed by atoms with Crippen molar-refractivity contribution in [3.05, 3.63) is 28.4 Å². The first-order valence-electron chi connectivity index (χ1n) is 5.39. The van der Waals surface area contributed by atoms with E-state index in [-0.39, 0.29) is 12.5 Å². The van der Waals surface area contributed by atoms with Crippen LogP contribution in [-0.4, -0.2) is 22.4 Å². The highest BCUT2D eigenvalue weighted by atomic mass is 79.9. The molecule has 5 heteroatoms. The fourth-order valence-corrected chi connectivity index (χ4v) is 2.39. The van der Waals surface area contributed by atoms with E-state index in [1.165, 1.54) is 0 Å². The minimum absolute atomic E-state index is 0.146. The Labute approximate surface area is 108 Å². The minimum atomic E-state index is -0.268. The molecule has 0 fully saturated rings. The van der Waals surface area contributed by atoms with Crippen molar-refractivity contribution in [3.8, 4) is 0 Å². The number of hydrogen-bond donors (Lipinski definition) is 0. The number of nitrogens with zero attached hydrogens (tertiary/aromatic N) is 2. The molecule has 0 radical (unpaired) electrons. The molecule has 0 spiro atoms. The molecular weight excluding hydrogens is 284 g/mol. The maximum absolute atomic E-state index is 11.4. The molecule has 0 bridgehead atoms. The fourth-order valence-electron chi connectivity index (χ4n) is 1.72. The van der Waals surface area contributed by atoms with Gasteiger partial charge in [-0.15, -0.1) is 0 Å². The number of carbonyl (C=O) groups is 1. The summed E-state index contributed by atoms with van der Waals surface area (Å²) in [5, 5.41) is 5.21. The quantitative estimate of drug-likeness (QED) is 0.818. The Morgan fingerprint density at radius 3 is 3.00 bits per heavy atom. The molecule has 0 N–H and O–H groups in total. The van der Waals surface area contributed by atoms with Crippen molar-refractivity contribution >= 4 is 32.8 Å². The van der Waals surface area contributed by atoms with Crippen molar-refractivity contribution in [3.63, 3.8) is 0 Å². The summed E-state index contributed by atoms with van der Waals surface area (Å²) in [6.45, 7) is 4.33. The lowest BCUT2D eigenvalue weighted by Gasteiger charge is -2.04. The lowest BCUT2D eigenvalue weighted by Crippen LogP contribution is -2.14. The van der Waals surface area contributed by atoms with Crippen LogP contribution in [0.1, 0.15) is 12.5 Å². The summed E-state index contributed by atoms with van der Waals surface area (Å²) in [5.74, 6) is -0.268. The Morgan fingerprint density at radius 2 is 2.29 bits per heavy atom. The number of halogens is 1. The van der Waals surface area contributed by atoms with Gasteiger partial charge in [0.1, 0.15) is 6.54 Å². The third-order valence-corrected chi connectivity index (χ3v) is 3.10. The molecule has 0 atom stereocenters. The van der Waals surface area contributed by atoms with Crippen molar-refractivity contribution in [1.82, 2.24) is 9.78 Å². The van der Waals surface area contributed by atoms with Gasteiger partial charge in [0.2, 0.25) is 0 Å². The molecule has 4 nitrogen and oxygen atoms in total. The van der Waals surface area contributed by atoms with Gasteiger partial charge in [0.15, 0.2) is 0 Å². The van der Waals surface area contributed by atoms with Gasteiger partial charge in [-0.3, -0.25) is 9.48 Å². The summed E-state index contributed by atoms with van der Waals surface area (Å²) >= 11 is 3.49. The lowest BCUT2D eigenvalue weighted by molar-refractivity contribution is -0.143. The number of aryl methyl sites for hydroxylation is 1. The number of fused-ring (bicyclic) bond motifs is 1. The van der Waals surface area contributed by atoms with Crippen LogP contribution in [0, 0.1) is 6.92 Å². The SMILES string of the molecule is CCOC(=O)Cn1ncc2c(Br)cc(C)cc21. The Bertz CT molecular complexity index is 563. The zero-order valence-electron chi connectivity index (χ0n) is 9.74. The van der Waals surface area contributed by atoms with Gasteiger partial charge in [-0.25, -0.2) is 0 Å². The van der Waals surface area contributed by atoms with Crippen molar-refractivity contribution in [2.45, 2.75) is 20.4 Å². The molecule has 0 aliphatic rings. The van der Waals surface area contributed by atoms with Crippen LogP contribution in [0.5, 0.6) is 0 Å². The number of carbonyl (C=O) groups excluding carboxylic acids is 1. The van der Waals surface area contributed by atoms with E-state index in [4.69, 9.17) is 4.74 Å². The average molecular weight is 297 g/mol. The second-order valence-electron chi connectivity index (χ2n) is 3.79. The molecule has 1 heterocycles. The van der Waals surface area contributed by atoms with E-state index < -0.39 is 0 Å². The van der Waals surface area contributed by atoms with Crippen LogP contribution < -0.4 is 0 Å². The maximum Gasteiger partial charge on any atom is 0.327 e. The van der Waals surface area contributed by atoms with Gasteiger partial charge in [-0.05, 0) is 31.5 Å². The maximum atomic E-state index is 11.4. The lowest BCUT2D eigenvalue weighted by atomic mass is 10.2. The van der Waals surface area contributed by atoms with Crippen LogP contribution in [0.25, 0.3) is 10.9 Å². The number of hydrogen-bond acceptors (Lipinski definition) is 3. The summed E-state index contributed by atoms with van der Waals surface area (Å²) < 4.78 is 7.56. The van der Waals surface area contributed by atoms with E-state index in [0.29, 0.717) is 6.61 Å². The van der Waals surface area contributed by atoms with Gasteiger partial charge < -0.3 is 4.74 Å². The molecule has 1 aromatic heterocycles. The van der Waals surface area contributed by atoms with Gasteiger partial charge in [0.25, 0.3) is 0 Å². The molecule has 0 saturated heterocycles. The summed E-state index contributed by atoms with van der Waals surface area (Å²) in [4.78, 5) is 11.4. The van der Waals surface area contributed by atoms with E-state index in [2.05, 4.69) is 21.0 Å². The first-order valence-corrected chi connectivity index (χ1v) is 6.18. The molecular formula is C12H13BrN2O2. The first-order chi connectivity index (χ1) is 8.11. The summed E-state index contributed by atoms with van der Waals surface area (Å²) in [6.07, 6.45) is 1.75. The Balaban J connectivity index is 2.39. The van der Waals surface area contributed by atoms with Crippen LogP contribution >= 0.6 is 15.9 Å². The molecule has 0 amide bonds. The second kappa shape index (κ2) is 4.87. The molecule has 17 heavy (non-hydrogen) atoms. The molecule has 2 aromatic rings. The highest BCUT2D eigenvalue weighted by molar-refractivity contribution is 9.10. The van der Waals surface area contributed by atoms with Crippen LogP contribution in [0.15, 0.2) is 22.8 Å². The number of benzene rings is 1. The van der Waals surface area contributed by atoms with Gasteiger partial charge in [-0.2, -0.15) is 5.10 Å². The summed E-state index contributed by atoms with van der Waals surface area (Å²) in [5.41, 5.74) is 2.06. The number of rotatable bonds is 3. The van der Waals surface area contributed by atoms with Crippen molar-refractivity contribution < 1.29 is 9.53 Å². The van der Waals surface area contributed by atoms with Crippen LogP contribution in [0.2, 0.25) is 0 Å². The zero-order valence-corrected chi connectivity index (χ0v) is 11.3. The summed E-state index contributed by atoms with van der Waals surface area (Å²) in [7, 11) is 0. The van der Waals surface area contributed by atoms with Gasteiger partial charge in [-0.1, -0.05) is 15.9 Å². The van der Waals surface area contributed by atoms with Crippen LogP contribution in [0.3, 0.4) is 0 Å². The molecule has 0 aliphatic heterocycles. The van der Waals surface area contributed by atoms with E-state index >= 15 is 0 Å². The van der Waals surface area contributed by atoms with Crippen molar-refractivity contribution in [1.29, 1.82) is 0 Å². The average Bonchev–Trinajstić information content (AvgIpc) is 2.62. The number of aromatic nitrogens is 2.